The summed E-state index contributed by atoms with van der Waals surface area (Å²) in [6.07, 6.45) is 0.908. The van der Waals surface area contributed by atoms with Crippen molar-refractivity contribution >= 4 is 11.6 Å². The van der Waals surface area contributed by atoms with Gasteiger partial charge in [-0.15, -0.1) is 0 Å². The molecule has 3 heteroatoms. The lowest BCUT2D eigenvalue weighted by molar-refractivity contribution is 0.230. The molecule has 0 saturated carbocycles. The molecule has 0 fully saturated rings. The fraction of sp³-hybridized carbons (Fsp3) is 0.500. The van der Waals surface area contributed by atoms with Gasteiger partial charge in [-0.2, -0.15) is 0 Å². The molecule has 0 radical (unpaired) electrons. The highest BCUT2D eigenvalue weighted by molar-refractivity contribution is 6.31. The van der Waals surface area contributed by atoms with Gasteiger partial charge >= 0.3 is 0 Å². The maximum atomic E-state index is 9.10. The van der Waals surface area contributed by atoms with Crippen LogP contribution in [0.4, 0.5) is 0 Å². The van der Waals surface area contributed by atoms with Gasteiger partial charge in [0.25, 0.3) is 0 Å². The summed E-state index contributed by atoms with van der Waals surface area (Å²) in [5.74, 6) is 0. The van der Waals surface area contributed by atoms with E-state index in [0.29, 0.717) is 0 Å². The summed E-state index contributed by atoms with van der Waals surface area (Å²) in [6, 6.07) is 8.08. The first-order chi connectivity index (χ1) is 7.19. The predicted molar refractivity (Wildman–Crippen MR) is 64.2 cm³/mol. The number of aliphatic hydroxyl groups is 1. The summed E-state index contributed by atoms with van der Waals surface area (Å²) < 4.78 is 0. The van der Waals surface area contributed by atoms with E-state index in [2.05, 4.69) is 12.2 Å². The van der Waals surface area contributed by atoms with E-state index < -0.39 is 0 Å². The topological polar surface area (TPSA) is 32.3 Å². The summed E-state index contributed by atoms with van der Waals surface area (Å²) in [5, 5.41) is 13.2. The van der Waals surface area contributed by atoms with E-state index in [1.807, 2.05) is 31.2 Å². The SMILES string of the molecule is CC[C@H](CO)N[C@@H](C)c1ccccc1Cl. The molecule has 1 aromatic carbocycles. The monoisotopic (exact) mass is 227 g/mol. The zero-order valence-electron chi connectivity index (χ0n) is 9.20. The standard InChI is InChI=1S/C12H18ClNO/c1-3-10(8-15)14-9(2)11-6-4-5-7-12(11)13/h4-7,9-10,14-15H,3,8H2,1-2H3/t9-,10+/m0/s1. The Hall–Kier alpha value is -0.570. The van der Waals surface area contributed by atoms with Crippen LogP contribution in [0.25, 0.3) is 0 Å². The Morgan fingerprint density at radius 1 is 1.40 bits per heavy atom. The molecule has 2 atom stereocenters. The van der Waals surface area contributed by atoms with Gasteiger partial charge in [-0.1, -0.05) is 36.7 Å². The van der Waals surface area contributed by atoms with Crippen LogP contribution in [0.15, 0.2) is 24.3 Å². The number of halogens is 1. The minimum Gasteiger partial charge on any atom is -0.395 e. The van der Waals surface area contributed by atoms with Crippen molar-refractivity contribution in [1.29, 1.82) is 0 Å². The second-order valence-corrected chi connectivity index (χ2v) is 4.10. The molecule has 0 bridgehead atoms. The Balaban J connectivity index is 2.68. The normalized spacial score (nSPS) is 14.9. The van der Waals surface area contributed by atoms with Gasteiger partial charge in [-0.3, -0.25) is 0 Å². The molecule has 84 valence electrons. The number of nitrogens with one attached hydrogen (secondary N) is 1. The molecular weight excluding hydrogens is 210 g/mol. The van der Waals surface area contributed by atoms with Crippen LogP contribution in [0.5, 0.6) is 0 Å². The smallest absolute Gasteiger partial charge is 0.0584 e. The molecule has 0 aliphatic heterocycles. The van der Waals surface area contributed by atoms with Crippen LogP contribution in [0, 0.1) is 0 Å². The fourth-order valence-corrected chi connectivity index (χ4v) is 1.87. The summed E-state index contributed by atoms with van der Waals surface area (Å²) >= 11 is 6.09. The van der Waals surface area contributed by atoms with Gasteiger partial charge in [0.2, 0.25) is 0 Å². The number of aliphatic hydroxyl groups excluding tert-OH is 1. The van der Waals surface area contributed by atoms with E-state index in [9.17, 15) is 0 Å². The van der Waals surface area contributed by atoms with Crippen molar-refractivity contribution in [2.75, 3.05) is 6.61 Å². The van der Waals surface area contributed by atoms with E-state index in [1.54, 1.807) is 0 Å². The number of rotatable bonds is 5. The molecule has 1 rings (SSSR count). The highest BCUT2D eigenvalue weighted by Crippen LogP contribution is 2.22. The minimum atomic E-state index is 0.135. The van der Waals surface area contributed by atoms with Crippen molar-refractivity contribution in [3.8, 4) is 0 Å². The predicted octanol–water partition coefficient (Wildman–Crippen LogP) is 2.76. The molecule has 0 unspecified atom stereocenters. The van der Waals surface area contributed by atoms with E-state index in [1.165, 1.54) is 0 Å². The number of hydrogen-bond acceptors (Lipinski definition) is 2. The van der Waals surface area contributed by atoms with Gasteiger partial charge in [0.1, 0.15) is 0 Å². The number of hydrogen-bond donors (Lipinski definition) is 2. The summed E-state index contributed by atoms with van der Waals surface area (Å²) in [6.45, 7) is 4.26. The quantitative estimate of drug-likeness (QED) is 0.811. The van der Waals surface area contributed by atoms with Crippen LogP contribution in [-0.2, 0) is 0 Å². The zero-order valence-corrected chi connectivity index (χ0v) is 9.96. The van der Waals surface area contributed by atoms with Crippen molar-refractivity contribution in [3.63, 3.8) is 0 Å². The molecule has 15 heavy (non-hydrogen) atoms. The third-order valence-electron chi connectivity index (χ3n) is 2.57. The fourth-order valence-electron chi connectivity index (χ4n) is 1.57. The summed E-state index contributed by atoms with van der Waals surface area (Å²) in [7, 11) is 0. The summed E-state index contributed by atoms with van der Waals surface area (Å²) in [5.41, 5.74) is 1.08. The van der Waals surface area contributed by atoms with Crippen molar-refractivity contribution in [2.24, 2.45) is 0 Å². The maximum Gasteiger partial charge on any atom is 0.0584 e. The average Bonchev–Trinajstić information content (AvgIpc) is 2.26. The average molecular weight is 228 g/mol. The van der Waals surface area contributed by atoms with Crippen LogP contribution in [0.1, 0.15) is 31.9 Å². The van der Waals surface area contributed by atoms with E-state index >= 15 is 0 Å². The van der Waals surface area contributed by atoms with Gasteiger partial charge in [-0.25, -0.2) is 0 Å². The minimum absolute atomic E-state index is 0.135. The Morgan fingerprint density at radius 3 is 2.60 bits per heavy atom. The largest absolute Gasteiger partial charge is 0.395 e. The van der Waals surface area contributed by atoms with Gasteiger partial charge in [0.05, 0.1) is 6.61 Å². The van der Waals surface area contributed by atoms with Crippen LogP contribution in [0.2, 0.25) is 5.02 Å². The van der Waals surface area contributed by atoms with Crippen molar-refractivity contribution in [1.82, 2.24) is 5.32 Å². The lowest BCUT2D eigenvalue weighted by Gasteiger charge is -2.21. The molecule has 0 aromatic heterocycles. The van der Waals surface area contributed by atoms with Crippen LogP contribution in [-0.4, -0.2) is 17.8 Å². The third-order valence-corrected chi connectivity index (χ3v) is 2.91. The van der Waals surface area contributed by atoms with Crippen LogP contribution < -0.4 is 5.32 Å². The highest BCUT2D eigenvalue weighted by atomic mass is 35.5. The Morgan fingerprint density at radius 2 is 2.07 bits per heavy atom. The maximum absolute atomic E-state index is 9.10. The third kappa shape index (κ3) is 3.49. The van der Waals surface area contributed by atoms with Gasteiger partial charge in [-0.05, 0) is 25.0 Å². The first-order valence-electron chi connectivity index (χ1n) is 5.30. The van der Waals surface area contributed by atoms with Crippen molar-refractivity contribution < 1.29 is 5.11 Å². The Kier molecular flexibility index (Phi) is 5.09. The van der Waals surface area contributed by atoms with Gasteiger partial charge < -0.3 is 10.4 Å². The molecule has 0 spiro atoms. The lowest BCUT2D eigenvalue weighted by atomic mass is 10.1. The zero-order chi connectivity index (χ0) is 11.3. The van der Waals surface area contributed by atoms with Crippen molar-refractivity contribution in [3.05, 3.63) is 34.9 Å². The van der Waals surface area contributed by atoms with Gasteiger partial charge in [0, 0.05) is 17.1 Å². The first kappa shape index (κ1) is 12.5. The molecular formula is C12H18ClNO. The van der Waals surface area contributed by atoms with E-state index in [-0.39, 0.29) is 18.7 Å². The molecule has 0 aliphatic rings. The van der Waals surface area contributed by atoms with Gasteiger partial charge in [0.15, 0.2) is 0 Å². The molecule has 0 heterocycles. The first-order valence-corrected chi connectivity index (χ1v) is 5.68. The van der Waals surface area contributed by atoms with Crippen LogP contribution in [0.3, 0.4) is 0 Å². The second-order valence-electron chi connectivity index (χ2n) is 3.70. The number of benzene rings is 1. The summed E-state index contributed by atoms with van der Waals surface area (Å²) in [4.78, 5) is 0. The Bertz CT molecular complexity index is 299. The highest BCUT2D eigenvalue weighted by Gasteiger charge is 2.12. The Labute approximate surface area is 96.3 Å². The lowest BCUT2D eigenvalue weighted by Crippen LogP contribution is -2.34. The van der Waals surface area contributed by atoms with Crippen molar-refractivity contribution in [2.45, 2.75) is 32.4 Å². The molecule has 1 aromatic rings. The molecule has 0 saturated heterocycles. The van der Waals surface area contributed by atoms with Crippen LogP contribution >= 0.6 is 11.6 Å². The van der Waals surface area contributed by atoms with E-state index in [0.717, 1.165) is 17.0 Å². The second kappa shape index (κ2) is 6.11. The molecule has 2 nitrogen and oxygen atoms in total. The van der Waals surface area contributed by atoms with E-state index in [4.69, 9.17) is 16.7 Å². The molecule has 0 aliphatic carbocycles. The molecule has 2 N–H and O–H groups in total. The molecule has 0 amide bonds.